The summed E-state index contributed by atoms with van der Waals surface area (Å²) < 4.78 is 5.12. The van der Waals surface area contributed by atoms with Crippen LogP contribution in [0.2, 0.25) is 0 Å². The molecule has 1 rings (SSSR count). The molecule has 0 aromatic heterocycles. The van der Waals surface area contributed by atoms with Crippen LogP contribution in [0.15, 0.2) is 30.3 Å². The van der Waals surface area contributed by atoms with Gasteiger partial charge in [-0.05, 0) is 40.1 Å². The summed E-state index contributed by atoms with van der Waals surface area (Å²) in [6, 6.07) is 9.02. The molecule has 0 aliphatic heterocycles. The first-order valence-electron chi connectivity index (χ1n) is 5.60. The van der Waals surface area contributed by atoms with Crippen molar-refractivity contribution in [3.8, 4) is 5.75 Å². The Morgan fingerprint density at radius 1 is 1.29 bits per heavy atom. The molecule has 4 nitrogen and oxygen atoms in total. The molecule has 94 valence electrons. The highest BCUT2D eigenvalue weighted by Crippen LogP contribution is 2.10. The average molecular weight is 236 g/mol. The van der Waals surface area contributed by atoms with E-state index in [9.17, 15) is 4.79 Å². The first-order chi connectivity index (χ1) is 7.92. The van der Waals surface area contributed by atoms with Crippen LogP contribution in [0.1, 0.15) is 13.8 Å². The Labute approximate surface area is 103 Å². The van der Waals surface area contributed by atoms with Gasteiger partial charge in [-0.2, -0.15) is 0 Å². The van der Waals surface area contributed by atoms with Gasteiger partial charge in [0.15, 0.2) is 0 Å². The van der Waals surface area contributed by atoms with E-state index in [1.165, 1.54) is 0 Å². The normalized spacial score (nSPS) is 11.4. The van der Waals surface area contributed by atoms with Crippen molar-refractivity contribution in [1.82, 2.24) is 10.2 Å². The number of hydrogen-bond acceptors (Lipinski definition) is 3. The molecule has 0 unspecified atom stereocenters. The number of rotatable bonds is 4. The fraction of sp³-hybridized carbons (Fsp3) is 0.462. The van der Waals surface area contributed by atoms with Gasteiger partial charge in [0.05, 0.1) is 0 Å². The molecule has 0 fully saturated rings. The lowest BCUT2D eigenvalue weighted by Gasteiger charge is -2.32. The van der Waals surface area contributed by atoms with E-state index in [-0.39, 0.29) is 5.54 Å². The van der Waals surface area contributed by atoms with Crippen LogP contribution in [-0.2, 0) is 0 Å². The van der Waals surface area contributed by atoms with Gasteiger partial charge in [0.2, 0.25) is 0 Å². The Kier molecular flexibility index (Phi) is 4.52. The molecule has 17 heavy (non-hydrogen) atoms. The Hall–Kier alpha value is -1.55. The van der Waals surface area contributed by atoms with Gasteiger partial charge in [0, 0.05) is 12.1 Å². The summed E-state index contributed by atoms with van der Waals surface area (Å²) in [4.78, 5) is 13.6. The van der Waals surface area contributed by atoms with Gasteiger partial charge in [0.25, 0.3) is 0 Å². The summed E-state index contributed by atoms with van der Waals surface area (Å²) in [5.74, 6) is 0.549. The molecule has 0 spiro atoms. The minimum absolute atomic E-state index is 0.101. The molecule has 0 aliphatic rings. The third kappa shape index (κ3) is 4.44. The summed E-state index contributed by atoms with van der Waals surface area (Å²) in [6.45, 7) is 4.64. The van der Waals surface area contributed by atoms with Crippen molar-refractivity contribution < 1.29 is 9.53 Å². The maximum Gasteiger partial charge on any atom is 0.412 e. The number of nitrogens with zero attached hydrogens (tertiary/aromatic N) is 1. The van der Waals surface area contributed by atoms with Crippen LogP contribution in [0.3, 0.4) is 0 Å². The fourth-order valence-corrected chi connectivity index (χ4v) is 1.08. The minimum Gasteiger partial charge on any atom is -0.410 e. The van der Waals surface area contributed by atoms with Crippen LogP contribution >= 0.6 is 0 Å². The zero-order chi connectivity index (χ0) is 12.9. The quantitative estimate of drug-likeness (QED) is 0.870. The van der Waals surface area contributed by atoms with E-state index in [1.54, 1.807) is 12.1 Å². The maximum atomic E-state index is 11.5. The molecule has 0 aliphatic carbocycles. The van der Waals surface area contributed by atoms with E-state index < -0.39 is 6.09 Å². The van der Waals surface area contributed by atoms with Gasteiger partial charge >= 0.3 is 6.09 Å². The Morgan fingerprint density at radius 3 is 2.41 bits per heavy atom. The average Bonchev–Trinajstić information content (AvgIpc) is 2.28. The van der Waals surface area contributed by atoms with E-state index >= 15 is 0 Å². The highest BCUT2D eigenvalue weighted by atomic mass is 16.6. The van der Waals surface area contributed by atoms with Gasteiger partial charge < -0.3 is 15.0 Å². The molecular formula is C13H20N2O2. The molecule has 1 amide bonds. The largest absolute Gasteiger partial charge is 0.412 e. The van der Waals surface area contributed by atoms with E-state index in [0.29, 0.717) is 12.3 Å². The van der Waals surface area contributed by atoms with Crippen molar-refractivity contribution in [3.63, 3.8) is 0 Å². The van der Waals surface area contributed by atoms with Crippen LogP contribution in [0.25, 0.3) is 0 Å². The van der Waals surface area contributed by atoms with E-state index in [2.05, 4.69) is 24.1 Å². The van der Waals surface area contributed by atoms with Crippen LogP contribution < -0.4 is 10.1 Å². The number of hydrogen-bond donors (Lipinski definition) is 1. The zero-order valence-corrected chi connectivity index (χ0v) is 10.9. The van der Waals surface area contributed by atoms with Gasteiger partial charge in [-0.25, -0.2) is 4.79 Å². The zero-order valence-electron chi connectivity index (χ0n) is 10.9. The number of carbonyl (C=O) groups is 1. The highest BCUT2D eigenvalue weighted by Gasteiger charge is 2.21. The van der Waals surface area contributed by atoms with Gasteiger partial charge in [-0.1, -0.05) is 18.2 Å². The third-order valence-corrected chi connectivity index (χ3v) is 2.83. The van der Waals surface area contributed by atoms with Gasteiger partial charge in [0.1, 0.15) is 5.75 Å². The van der Waals surface area contributed by atoms with Crippen molar-refractivity contribution in [1.29, 1.82) is 0 Å². The van der Waals surface area contributed by atoms with Crippen LogP contribution in [0.4, 0.5) is 4.79 Å². The summed E-state index contributed by atoms with van der Waals surface area (Å²) in [5, 5.41) is 2.75. The van der Waals surface area contributed by atoms with Crippen LogP contribution in [0, 0.1) is 0 Å². The summed E-state index contributed by atoms with van der Waals surface area (Å²) >= 11 is 0. The van der Waals surface area contributed by atoms with Gasteiger partial charge in [-0.3, -0.25) is 0 Å². The fourth-order valence-electron chi connectivity index (χ4n) is 1.08. The molecule has 1 aromatic rings. The predicted molar refractivity (Wildman–Crippen MR) is 68.2 cm³/mol. The van der Waals surface area contributed by atoms with Crippen molar-refractivity contribution >= 4 is 6.09 Å². The smallest absolute Gasteiger partial charge is 0.410 e. The standard InChI is InChI=1S/C13H20N2O2/c1-13(2,15(3)4)10-14-12(16)17-11-8-6-5-7-9-11/h5-9H,10H2,1-4H3,(H,14,16). The number of carbonyl (C=O) groups excluding carboxylic acids is 1. The molecule has 1 aromatic carbocycles. The van der Waals surface area contributed by atoms with Crippen molar-refractivity contribution in [2.75, 3.05) is 20.6 Å². The van der Waals surface area contributed by atoms with Crippen molar-refractivity contribution in [2.45, 2.75) is 19.4 Å². The number of para-hydroxylation sites is 1. The lowest BCUT2D eigenvalue weighted by Crippen LogP contribution is -2.48. The number of likely N-dealkylation sites (N-methyl/N-ethyl adjacent to an activating group) is 1. The minimum atomic E-state index is -0.425. The monoisotopic (exact) mass is 236 g/mol. The summed E-state index contributed by atoms with van der Waals surface area (Å²) in [6.07, 6.45) is -0.425. The lowest BCUT2D eigenvalue weighted by molar-refractivity contribution is 0.170. The van der Waals surface area contributed by atoms with E-state index in [4.69, 9.17) is 4.74 Å². The topological polar surface area (TPSA) is 41.6 Å². The van der Waals surface area contributed by atoms with Crippen molar-refractivity contribution in [3.05, 3.63) is 30.3 Å². The summed E-state index contributed by atoms with van der Waals surface area (Å²) in [7, 11) is 3.95. The molecule has 0 saturated carbocycles. The molecule has 0 bridgehead atoms. The molecular weight excluding hydrogens is 216 g/mol. The van der Waals surface area contributed by atoms with Crippen LogP contribution in [-0.4, -0.2) is 37.2 Å². The second-order valence-corrected chi connectivity index (χ2v) is 4.76. The van der Waals surface area contributed by atoms with E-state index in [0.717, 1.165) is 0 Å². The molecule has 4 heteroatoms. The van der Waals surface area contributed by atoms with Gasteiger partial charge in [-0.15, -0.1) is 0 Å². The van der Waals surface area contributed by atoms with E-state index in [1.807, 2.05) is 32.3 Å². The predicted octanol–water partition coefficient (Wildman–Crippen LogP) is 2.12. The Morgan fingerprint density at radius 2 is 1.88 bits per heavy atom. The van der Waals surface area contributed by atoms with Crippen molar-refractivity contribution in [2.24, 2.45) is 0 Å². The second kappa shape index (κ2) is 5.68. The molecule has 0 heterocycles. The Balaban J connectivity index is 2.41. The lowest BCUT2D eigenvalue weighted by atomic mass is 10.1. The molecule has 0 saturated heterocycles. The maximum absolute atomic E-state index is 11.5. The Bertz CT molecular complexity index is 361. The molecule has 0 atom stereocenters. The molecule has 1 N–H and O–H groups in total. The third-order valence-electron chi connectivity index (χ3n) is 2.83. The SMILES string of the molecule is CN(C)C(C)(C)CNC(=O)Oc1ccccc1. The second-order valence-electron chi connectivity index (χ2n) is 4.76. The first-order valence-corrected chi connectivity index (χ1v) is 5.60. The number of ether oxygens (including phenoxy) is 1. The van der Waals surface area contributed by atoms with Crippen LogP contribution in [0.5, 0.6) is 5.75 Å². The highest BCUT2D eigenvalue weighted by molar-refractivity contribution is 5.70. The number of amides is 1. The molecule has 0 radical (unpaired) electrons. The first kappa shape index (κ1) is 13.5. The summed E-state index contributed by atoms with van der Waals surface area (Å²) in [5.41, 5.74) is -0.101. The number of benzene rings is 1. The number of nitrogens with one attached hydrogen (secondary N) is 1.